The van der Waals surface area contributed by atoms with Crippen LogP contribution in [0.15, 0.2) is 24.5 Å². The summed E-state index contributed by atoms with van der Waals surface area (Å²) in [6.45, 7) is 2.82. The zero-order valence-electron chi connectivity index (χ0n) is 9.29. The maximum absolute atomic E-state index is 11.9. The van der Waals surface area contributed by atoms with E-state index in [0.29, 0.717) is 5.56 Å². The highest BCUT2D eigenvalue weighted by molar-refractivity contribution is 6.04. The van der Waals surface area contributed by atoms with Crippen molar-refractivity contribution < 1.29 is 4.79 Å². The Balaban J connectivity index is 2.19. The van der Waals surface area contributed by atoms with E-state index in [9.17, 15) is 4.79 Å². The first-order chi connectivity index (χ1) is 7.83. The smallest absolute Gasteiger partial charge is 0.253 e. The maximum Gasteiger partial charge on any atom is 0.253 e. The Morgan fingerprint density at radius 3 is 3.19 bits per heavy atom. The van der Waals surface area contributed by atoms with Gasteiger partial charge >= 0.3 is 0 Å². The number of imidazole rings is 1. The standard InChI is InChI=1S/C12H15N3O/c1-2-3-7-13-12(16)9-5-4-6-10-11(9)15-8-14-10/h4-6,8H,2-3,7H2,1H3,(H,13,16)(H,14,15). The van der Waals surface area contributed by atoms with Crippen LogP contribution in [0.1, 0.15) is 30.1 Å². The quantitative estimate of drug-likeness (QED) is 0.770. The summed E-state index contributed by atoms with van der Waals surface area (Å²) in [4.78, 5) is 19.0. The van der Waals surface area contributed by atoms with Gasteiger partial charge in [0.2, 0.25) is 0 Å². The molecule has 0 aliphatic heterocycles. The molecule has 0 saturated carbocycles. The maximum atomic E-state index is 11.9. The largest absolute Gasteiger partial charge is 0.352 e. The third-order valence-electron chi connectivity index (χ3n) is 2.51. The highest BCUT2D eigenvalue weighted by Gasteiger charge is 2.10. The van der Waals surface area contributed by atoms with Crippen LogP contribution in [0.2, 0.25) is 0 Å². The fourth-order valence-electron chi connectivity index (χ4n) is 1.62. The molecule has 1 heterocycles. The van der Waals surface area contributed by atoms with Crippen LogP contribution in [0.5, 0.6) is 0 Å². The van der Waals surface area contributed by atoms with Gasteiger partial charge < -0.3 is 10.3 Å². The summed E-state index contributed by atoms with van der Waals surface area (Å²) in [7, 11) is 0. The van der Waals surface area contributed by atoms with Crippen molar-refractivity contribution in [2.75, 3.05) is 6.54 Å². The first-order valence-electron chi connectivity index (χ1n) is 5.53. The lowest BCUT2D eigenvalue weighted by atomic mass is 10.1. The molecule has 1 amide bonds. The summed E-state index contributed by atoms with van der Waals surface area (Å²) < 4.78 is 0. The van der Waals surface area contributed by atoms with Gasteiger partial charge in [-0.2, -0.15) is 0 Å². The van der Waals surface area contributed by atoms with E-state index in [-0.39, 0.29) is 5.91 Å². The third kappa shape index (κ3) is 2.05. The van der Waals surface area contributed by atoms with E-state index in [1.54, 1.807) is 12.4 Å². The number of H-pyrrole nitrogens is 1. The topological polar surface area (TPSA) is 57.8 Å². The van der Waals surface area contributed by atoms with Crippen LogP contribution in [-0.4, -0.2) is 22.4 Å². The van der Waals surface area contributed by atoms with Gasteiger partial charge in [-0.1, -0.05) is 19.4 Å². The summed E-state index contributed by atoms with van der Waals surface area (Å²) in [5, 5.41) is 2.89. The number of carbonyl (C=O) groups excluding carboxylic acids is 1. The first kappa shape index (κ1) is 10.7. The molecule has 1 aromatic carbocycles. The first-order valence-corrected chi connectivity index (χ1v) is 5.53. The molecule has 0 fully saturated rings. The van der Waals surface area contributed by atoms with Crippen molar-refractivity contribution >= 4 is 16.9 Å². The molecular formula is C12H15N3O. The molecule has 2 aromatic rings. The van der Waals surface area contributed by atoms with Crippen LogP contribution in [0.3, 0.4) is 0 Å². The van der Waals surface area contributed by atoms with Crippen molar-refractivity contribution in [2.45, 2.75) is 19.8 Å². The number of rotatable bonds is 4. The molecule has 0 unspecified atom stereocenters. The molecule has 0 aliphatic carbocycles. The molecule has 0 saturated heterocycles. The number of aromatic nitrogens is 2. The monoisotopic (exact) mass is 217 g/mol. The van der Waals surface area contributed by atoms with Crippen molar-refractivity contribution in [3.8, 4) is 0 Å². The van der Waals surface area contributed by atoms with Crippen LogP contribution in [0, 0.1) is 0 Å². The van der Waals surface area contributed by atoms with Gasteiger partial charge in [0.25, 0.3) is 5.91 Å². The molecule has 2 rings (SSSR count). The Labute approximate surface area is 94.1 Å². The molecular weight excluding hydrogens is 202 g/mol. The molecule has 84 valence electrons. The lowest BCUT2D eigenvalue weighted by Gasteiger charge is -2.04. The fraction of sp³-hybridized carbons (Fsp3) is 0.333. The Morgan fingerprint density at radius 2 is 2.38 bits per heavy atom. The van der Waals surface area contributed by atoms with Crippen molar-refractivity contribution in [2.24, 2.45) is 0 Å². The second-order valence-corrected chi connectivity index (χ2v) is 3.71. The summed E-state index contributed by atoms with van der Waals surface area (Å²) in [6.07, 6.45) is 3.68. The third-order valence-corrected chi connectivity index (χ3v) is 2.51. The van der Waals surface area contributed by atoms with Crippen LogP contribution < -0.4 is 5.32 Å². The molecule has 2 N–H and O–H groups in total. The van der Waals surface area contributed by atoms with Crippen LogP contribution in [-0.2, 0) is 0 Å². The second-order valence-electron chi connectivity index (χ2n) is 3.71. The average molecular weight is 217 g/mol. The number of carbonyl (C=O) groups is 1. The number of nitrogens with one attached hydrogen (secondary N) is 2. The number of hydrogen-bond donors (Lipinski definition) is 2. The lowest BCUT2D eigenvalue weighted by Crippen LogP contribution is -2.24. The van der Waals surface area contributed by atoms with Crippen LogP contribution in [0.25, 0.3) is 11.0 Å². The molecule has 1 aromatic heterocycles. The van der Waals surface area contributed by atoms with Gasteiger partial charge in [0.05, 0.1) is 17.4 Å². The van der Waals surface area contributed by atoms with Gasteiger partial charge in [-0.15, -0.1) is 0 Å². The fourth-order valence-corrected chi connectivity index (χ4v) is 1.62. The van der Waals surface area contributed by atoms with Gasteiger partial charge in [0, 0.05) is 6.54 Å². The number of para-hydroxylation sites is 1. The molecule has 0 aliphatic rings. The molecule has 0 atom stereocenters. The van der Waals surface area contributed by atoms with E-state index < -0.39 is 0 Å². The average Bonchev–Trinajstić information content (AvgIpc) is 2.76. The molecule has 4 nitrogen and oxygen atoms in total. The minimum absolute atomic E-state index is 0.0499. The highest BCUT2D eigenvalue weighted by Crippen LogP contribution is 2.14. The molecule has 0 spiro atoms. The minimum Gasteiger partial charge on any atom is -0.352 e. The number of fused-ring (bicyclic) bond motifs is 1. The molecule has 0 bridgehead atoms. The van der Waals surface area contributed by atoms with Crippen molar-refractivity contribution in [1.82, 2.24) is 15.3 Å². The minimum atomic E-state index is -0.0499. The summed E-state index contributed by atoms with van der Waals surface area (Å²) >= 11 is 0. The van der Waals surface area contributed by atoms with E-state index in [1.807, 2.05) is 12.1 Å². The van der Waals surface area contributed by atoms with Gasteiger partial charge in [-0.3, -0.25) is 4.79 Å². The zero-order valence-corrected chi connectivity index (χ0v) is 9.29. The Kier molecular flexibility index (Phi) is 3.19. The van der Waals surface area contributed by atoms with Gasteiger partial charge in [0.1, 0.15) is 5.52 Å². The zero-order chi connectivity index (χ0) is 11.4. The number of unbranched alkanes of at least 4 members (excludes halogenated alkanes) is 1. The Bertz CT molecular complexity index is 490. The van der Waals surface area contributed by atoms with Gasteiger partial charge in [0.15, 0.2) is 0 Å². The predicted octanol–water partition coefficient (Wildman–Crippen LogP) is 2.09. The van der Waals surface area contributed by atoms with Crippen molar-refractivity contribution in [1.29, 1.82) is 0 Å². The SMILES string of the molecule is CCCCNC(=O)c1cccc2[nH]cnc12. The molecule has 0 radical (unpaired) electrons. The summed E-state index contributed by atoms with van der Waals surface area (Å²) in [5.74, 6) is -0.0499. The van der Waals surface area contributed by atoms with Crippen LogP contribution >= 0.6 is 0 Å². The normalized spacial score (nSPS) is 10.6. The number of nitrogens with zero attached hydrogens (tertiary/aromatic N) is 1. The van der Waals surface area contributed by atoms with Crippen molar-refractivity contribution in [3.63, 3.8) is 0 Å². The summed E-state index contributed by atoms with van der Waals surface area (Å²) in [5.41, 5.74) is 2.26. The highest BCUT2D eigenvalue weighted by atomic mass is 16.1. The number of benzene rings is 1. The predicted molar refractivity (Wildman–Crippen MR) is 63.3 cm³/mol. The Hall–Kier alpha value is -1.84. The van der Waals surface area contributed by atoms with Gasteiger partial charge in [-0.25, -0.2) is 4.98 Å². The van der Waals surface area contributed by atoms with Crippen LogP contribution in [0.4, 0.5) is 0 Å². The van der Waals surface area contributed by atoms with E-state index in [0.717, 1.165) is 30.4 Å². The van der Waals surface area contributed by atoms with Gasteiger partial charge in [-0.05, 0) is 18.6 Å². The number of hydrogen-bond acceptors (Lipinski definition) is 2. The lowest BCUT2D eigenvalue weighted by molar-refractivity contribution is 0.0954. The van der Waals surface area contributed by atoms with E-state index in [4.69, 9.17) is 0 Å². The summed E-state index contributed by atoms with van der Waals surface area (Å²) in [6, 6.07) is 5.56. The van der Waals surface area contributed by atoms with Crippen molar-refractivity contribution in [3.05, 3.63) is 30.1 Å². The van der Waals surface area contributed by atoms with E-state index in [2.05, 4.69) is 22.2 Å². The second kappa shape index (κ2) is 4.79. The Morgan fingerprint density at radius 1 is 1.50 bits per heavy atom. The van der Waals surface area contributed by atoms with E-state index >= 15 is 0 Å². The van der Waals surface area contributed by atoms with E-state index in [1.165, 1.54) is 0 Å². The number of aromatic amines is 1. The number of amides is 1. The molecule has 16 heavy (non-hydrogen) atoms. The molecule has 4 heteroatoms.